The van der Waals surface area contributed by atoms with Crippen LogP contribution >= 0.6 is 0 Å². The molecule has 268 valence electrons. The number of aromatic nitrogens is 2. The number of carboxylic acids is 1. The lowest BCUT2D eigenvalue weighted by Gasteiger charge is -2.40. The summed E-state index contributed by atoms with van der Waals surface area (Å²) in [6.45, 7) is 2.68. The summed E-state index contributed by atoms with van der Waals surface area (Å²) in [4.78, 5) is 21.0. The predicted molar refractivity (Wildman–Crippen MR) is 190 cm³/mol. The van der Waals surface area contributed by atoms with E-state index in [0.717, 1.165) is 56.2 Å². The van der Waals surface area contributed by atoms with Gasteiger partial charge >= 0.3 is 5.97 Å². The minimum absolute atomic E-state index is 0.0822. The number of aliphatic carboxylic acids is 1. The minimum Gasteiger partial charge on any atom is -0.668 e. The van der Waals surface area contributed by atoms with Gasteiger partial charge in [-0.1, -0.05) is 69.7 Å². The van der Waals surface area contributed by atoms with Gasteiger partial charge in [0.05, 0.1) is 23.7 Å². The highest BCUT2D eigenvalue weighted by molar-refractivity contribution is 5.70. The van der Waals surface area contributed by atoms with E-state index in [1.165, 1.54) is 19.3 Å². The summed E-state index contributed by atoms with van der Waals surface area (Å²) in [7, 11) is 1.84. The fraction of sp³-hybridized carbons (Fsp3) is 0.692. The van der Waals surface area contributed by atoms with Crippen molar-refractivity contribution in [3.05, 3.63) is 60.1 Å². The van der Waals surface area contributed by atoms with Gasteiger partial charge in [0.25, 0.3) is 0 Å². The highest BCUT2D eigenvalue weighted by Gasteiger charge is 2.51. The van der Waals surface area contributed by atoms with Gasteiger partial charge in [-0.15, -0.1) is 0 Å². The number of nitrogens with one attached hydrogen (secondary N) is 1. The number of hydrogen-bond donors (Lipinski definition) is 6. The molecule has 2 aromatic rings. The predicted octanol–water partition coefficient (Wildman–Crippen LogP) is 5.53. The zero-order valence-electron chi connectivity index (χ0n) is 29.2. The second-order valence-corrected chi connectivity index (χ2v) is 14.9. The smallest absolute Gasteiger partial charge is 0.309 e. The Morgan fingerprint density at radius 3 is 2.62 bits per heavy atom. The number of unbranched alkanes of at least 4 members (excludes halogenated alkanes) is 4. The first-order chi connectivity index (χ1) is 23.1. The molecule has 48 heavy (non-hydrogen) atoms. The zero-order chi connectivity index (χ0) is 34.5. The summed E-state index contributed by atoms with van der Waals surface area (Å²) in [6.07, 6.45) is 18.9. The van der Waals surface area contributed by atoms with E-state index < -0.39 is 23.6 Å². The van der Waals surface area contributed by atoms with Crippen LogP contribution in [0.15, 0.2) is 48.8 Å². The van der Waals surface area contributed by atoms with Crippen molar-refractivity contribution in [2.75, 3.05) is 19.3 Å². The summed E-state index contributed by atoms with van der Waals surface area (Å²) in [5, 5.41) is 48.0. The van der Waals surface area contributed by atoms with Crippen molar-refractivity contribution in [1.29, 1.82) is 0 Å². The number of nitrogens with zero attached hydrogens (tertiary/aromatic N) is 2. The average Bonchev–Trinajstić information content (AvgIpc) is 3.67. The van der Waals surface area contributed by atoms with Crippen molar-refractivity contribution in [3.8, 4) is 0 Å². The minimum atomic E-state index is -1.10. The molecule has 0 radical (unpaired) electrons. The molecule has 1 saturated carbocycles. The van der Waals surface area contributed by atoms with Gasteiger partial charge in [0, 0.05) is 24.6 Å². The third-order valence-corrected chi connectivity index (χ3v) is 11.2. The Bertz CT molecular complexity index is 1250. The molecule has 4 rings (SSSR count). The number of pyridine rings is 1. The first-order valence-corrected chi connectivity index (χ1v) is 18.5. The quantitative estimate of drug-likeness (QED) is 0.0743. The zero-order valence-corrected chi connectivity index (χ0v) is 29.2. The summed E-state index contributed by atoms with van der Waals surface area (Å²) in [5.41, 5.74) is 6.86. The Labute approximate surface area is 287 Å². The van der Waals surface area contributed by atoms with Crippen molar-refractivity contribution >= 4 is 11.8 Å². The van der Waals surface area contributed by atoms with Crippen molar-refractivity contribution in [1.82, 2.24) is 15.3 Å². The van der Waals surface area contributed by atoms with Crippen LogP contribution in [0.2, 0.25) is 0 Å². The first kappa shape index (κ1) is 38.1. The highest BCUT2D eigenvalue weighted by Crippen LogP contribution is 2.48. The van der Waals surface area contributed by atoms with Gasteiger partial charge < -0.3 is 36.5 Å². The van der Waals surface area contributed by atoms with Crippen LogP contribution < -0.4 is 16.0 Å². The number of nitrogen functional groups attached to an aromatic ring is 1. The Balaban J connectivity index is 1.34. The number of rotatable bonds is 21. The van der Waals surface area contributed by atoms with Crippen LogP contribution in [0.1, 0.15) is 102 Å². The summed E-state index contributed by atoms with van der Waals surface area (Å²) in [5.74, 6) is -0.989. The van der Waals surface area contributed by atoms with E-state index in [0.29, 0.717) is 44.0 Å². The van der Waals surface area contributed by atoms with E-state index in [4.69, 9.17) is 5.73 Å². The molecule has 0 aromatic carbocycles. The Morgan fingerprint density at radius 2 is 1.94 bits per heavy atom. The normalized spacial score (nSPS) is 27.6. The van der Waals surface area contributed by atoms with Crippen LogP contribution in [-0.4, -0.2) is 62.8 Å². The number of hydrogen-bond acceptors (Lipinski definition) is 7. The molecule has 9 atom stereocenters. The van der Waals surface area contributed by atoms with Crippen molar-refractivity contribution in [2.45, 2.75) is 121 Å². The van der Waals surface area contributed by atoms with E-state index in [1.54, 1.807) is 12.4 Å². The van der Waals surface area contributed by atoms with Gasteiger partial charge in [0.15, 0.2) is 0 Å². The molecule has 2 aliphatic carbocycles. The van der Waals surface area contributed by atoms with Crippen molar-refractivity contribution in [2.24, 2.45) is 35.5 Å². The number of aliphatic hydroxyl groups excluding tert-OH is 2. The molecule has 0 spiro atoms. The molecule has 0 amide bonds. The number of allylic oxidation sites excluding steroid dienone is 1. The lowest BCUT2D eigenvalue weighted by Crippen LogP contribution is -2.48. The van der Waals surface area contributed by atoms with Crippen LogP contribution in [0, 0.1) is 35.5 Å². The van der Waals surface area contributed by atoms with Crippen LogP contribution in [-0.2, 0) is 17.6 Å². The van der Waals surface area contributed by atoms with Gasteiger partial charge in [0.1, 0.15) is 5.82 Å². The summed E-state index contributed by atoms with van der Waals surface area (Å²) < 4.78 is 0. The highest BCUT2D eigenvalue weighted by atomic mass is 16.4. The molecule has 9 nitrogen and oxygen atoms in total. The standard InChI is InChI=1S/C39H61N4O5/c1-3-4-6-10-27-14-15-30(35(44)21-27)11-7-5-8-13-34(38(46)47)36(45)24-32(26-41-2)39(48)25-29(19-28-16-18-43-37(40)22-28)20-31(39)23-33-12-9-17-42-33/h9,12,14-18,22,27,29-32,34-36,41,44-45,48H,3-8,10-11,13,19-21,23-26H2,1-2H3,(H2,40,43)(H,46,47)/q-1. The fourth-order valence-electron chi connectivity index (χ4n) is 8.62. The van der Waals surface area contributed by atoms with E-state index in [9.17, 15) is 25.2 Å². The van der Waals surface area contributed by atoms with Crippen molar-refractivity contribution in [3.63, 3.8) is 0 Å². The maximum atomic E-state index is 12.5. The molecular weight excluding hydrogens is 604 g/mol. The van der Waals surface area contributed by atoms with Crippen molar-refractivity contribution < 1.29 is 25.2 Å². The average molecular weight is 666 g/mol. The SMILES string of the molecule is CCCCCC1C=CC(CCCCCC(C(=O)O)C(O)CC(CNC)C2(O)CC(Cc3ccnc(N)c3)CC2Cc2ccc[n-]2)C(O)C1. The molecule has 1 fully saturated rings. The molecule has 9 unspecified atom stereocenters. The molecule has 9 heteroatoms. The van der Waals surface area contributed by atoms with Crippen LogP contribution in [0.25, 0.3) is 0 Å². The van der Waals surface area contributed by atoms with Crippen LogP contribution in [0.5, 0.6) is 0 Å². The van der Waals surface area contributed by atoms with E-state index in [2.05, 4.69) is 34.4 Å². The maximum Gasteiger partial charge on any atom is 0.309 e. The number of nitrogens with two attached hydrogens (primary N) is 1. The third kappa shape index (κ3) is 10.9. The Kier molecular flexibility index (Phi) is 15.0. The Hall–Kier alpha value is -2.72. The van der Waals surface area contributed by atoms with E-state index >= 15 is 0 Å². The number of carbonyl (C=O) groups is 1. The second kappa shape index (κ2) is 18.9. The van der Waals surface area contributed by atoms with Crippen LogP contribution in [0.4, 0.5) is 5.82 Å². The van der Waals surface area contributed by atoms with E-state index in [1.807, 2.05) is 31.3 Å². The molecule has 0 aliphatic heterocycles. The topological polar surface area (TPSA) is 163 Å². The Morgan fingerprint density at radius 1 is 1.12 bits per heavy atom. The monoisotopic (exact) mass is 665 g/mol. The number of aliphatic hydroxyl groups is 3. The summed E-state index contributed by atoms with van der Waals surface area (Å²) >= 11 is 0. The molecule has 2 aromatic heterocycles. The fourth-order valence-corrected chi connectivity index (χ4v) is 8.62. The maximum absolute atomic E-state index is 12.5. The van der Waals surface area contributed by atoms with Gasteiger partial charge in [-0.2, -0.15) is 11.9 Å². The second-order valence-electron chi connectivity index (χ2n) is 14.9. The van der Waals surface area contributed by atoms with E-state index in [-0.39, 0.29) is 36.2 Å². The number of anilines is 1. The molecular formula is C39H61N4O5-. The number of carboxylic acid groups (broad SMARTS) is 1. The van der Waals surface area contributed by atoms with Gasteiger partial charge in [-0.3, -0.25) is 4.79 Å². The lowest BCUT2D eigenvalue weighted by molar-refractivity contribution is -0.148. The third-order valence-electron chi connectivity index (χ3n) is 11.2. The lowest BCUT2D eigenvalue weighted by atomic mass is 9.73. The van der Waals surface area contributed by atoms with Gasteiger partial charge in [-0.05, 0) is 100 Å². The first-order valence-electron chi connectivity index (χ1n) is 18.5. The largest absolute Gasteiger partial charge is 0.668 e. The molecule has 7 N–H and O–H groups in total. The molecule has 2 heterocycles. The van der Waals surface area contributed by atoms with Gasteiger partial charge in [0.2, 0.25) is 0 Å². The van der Waals surface area contributed by atoms with Gasteiger partial charge in [-0.25, -0.2) is 4.98 Å². The molecule has 0 saturated heterocycles. The van der Waals surface area contributed by atoms with Crippen LogP contribution in [0.3, 0.4) is 0 Å². The summed E-state index contributed by atoms with van der Waals surface area (Å²) in [6, 6.07) is 7.74. The molecule has 0 bridgehead atoms. The molecule has 2 aliphatic rings.